The number of esters is 4. The number of aliphatic hydroxyl groups excluding tert-OH is 1. The van der Waals surface area contributed by atoms with Crippen LogP contribution < -0.4 is 0 Å². The van der Waals surface area contributed by atoms with Crippen LogP contribution in [-0.2, 0) is 56.5 Å². The third-order valence-electron chi connectivity index (χ3n) is 11.8. The first kappa shape index (κ1) is 73.1. The Hall–Kier alpha value is -7.00. The number of hydrogen-bond donors (Lipinski definition) is 2. The van der Waals surface area contributed by atoms with Crippen LogP contribution in [0.4, 0.5) is 0 Å². The lowest BCUT2D eigenvalue weighted by atomic mass is 9.90. The van der Waals surface area contributed by atoms with Crippen LogP contribution in [0.1, 0.15) is 104 Å². The molecule has 4 aliphatic rings. The van der Waals surface area contributed by atoms with E-state index in [-0.39, 0.29) is 35.9 Å². The predicted molar refractivity (Wildman–Crippen MR) is 312 cm³/mol. The van der Waals surface area contributed by atoms with E-state index in [9.17, 15) is 24.0 Å². The van der Waals surface area contributed by atoms with Gasteiger partial charge in [-0.15, -0.1) is 0 Å². The highest BCUT2D eigenvalue weighted by Gasteiger charge is 2.44. The van der Waals surface area contributed by atoms with E-state index < -0.39 is 20.5 Å². The van der Waals surface area contributed by atoms with Crippen LogP contribution in [0.5, 0.6) is 0 Å². The number of hydrogen-bond acceptors (Lipinski definition) is 14. The highest BCUT2D eigenvalue weighted by Crippen LogP contribution is 2.44. The zero-order valence-electron chi connectivity index (χ0n) is 47.9. The standard InChI is InChI=1S/C12H10.C11H16O3.C8H16O5Si.C8H8.C7H12.2C5H8O2.C4H6O2.C2H3N/c1-2-10-7-8-11-5-3-4-6-12(11)9-10;1-7(2)11(12)13-6-8-3-4-9-10(5-8)14-9;1-7(2)8(10)13-6-14(5-9,11-3)12-4;1-2-8-6-4-3-5-7-8;1-2-7-4-3-6(1)5-7;2*1-4(2)5(6)7-3;1-3(2)4(5)6;1-2-3/h2-9H,1H2;8-10H,1,3-6H2,2H3;9H,1,5-6H2,2-4H3;2-7H,1H2;6-7H,1-5H2;2*1H2,2-3H3;1H2,2H3,(H,5,6);1H3. The number of fused-ring (bicyclic) bond motifs is 4. The molecule has 15 nitrogen and oxygen atoms in total. The van der Waals surface area contributed by atoms with Crippen LogP contribution in [0.25, 0.3) is 22.9 Å². The highest BCUT2D eigenvalue weighted by atomic mass is 28.4. The molecule has 3 aromatic carbocycles. The summed E-state index contributed by atoms with van der Waals surface area (Å²) in [6.07, 6.45) is 15.5. The Balaban J connectivity index is 0. The first-order chi connectivity index (χ1) is 36.9. The fourth-order valence-corrected chi connectivity index (χ4v) is 8.18. The van der Waals surface area contributed by atoms with Gasteiger partial charge in [0, 0.05) is 49.0 Å². The first-order valence-corrected chi connectivity index (χ1v) is 27.6. The molecule has 0 amide bonds. The zero-order chi connectivity index (χ0) is 59.8. The fraction of sp³-hybridized carbons (Fsp3) is 0.419. The van der Waals surface area contributed by atoms with Crippen LogP contribution in [0.15, 0.2) is 147 Å². The number of epoxide rings is 1. The molecule has 3 aliphatic carbocycles. The van der Waals surface area contributed by atoms with Crippen molar-refractivity contribution in [2.45, 2.75) is 105 Å². The Bertz CT molecular complexity index is 2370. The Morgan fingerprint density at radius 3 is 1.38 bits per heavy atom. The number of nitrogens with zero attached hydrogens (tertiary/aromatic N) is 1. The summed E-state index contributed by atoms with van der Waals surface area (Å²) in [6.45, 7) is 34.0. The minimum atomic E-state index is -2.75. The SMILES string of the molecule is C1CC2CCC1C2.C=C(C)C(=O)O.C=C(C)C(=O)OC.C=C(C)C(=O)OC.C=C(C)C(=O)OCC1CCC2OC2C1.C=C(C)C(=O)OC[Si](CO)(OC)OC.C=Cc1ccc2ccccc2c1.C=Cc1ccccc1.CC#N. The number of methoxy groups -OCH3 is 2. The number of carboxylic acid groups (broad SMARTS) is 1. The molecule has 0 aromatic heterocycles. The molecule has 0 radical (unpaired) electrons. The molecule has 78 heavy (non-hydrogen) atoms. The van der Waals surface area contributed by atoms with E-state index in [1.54, 1.807) is 65.9 Å². The van der Waals surface area contributed by atoms with Gasteiger partial charge in [-0.3, -0.25) is 0 Å². The highest BCUT2D eigenvalue weighted by molar-refractivity contribution is 6.67. The van der Waals surface area contributed by atoms with Crippen LogP contribution in [0.2, 0.25) is 0 Å². The summed E-state index contributed by atoms with van der Waals surface area (Å²) in [4.78, 5) is 52.1. The zero-order valence-corrected chi connectivity index (χ0v) is 48.9. The Morgan fingerprint density at radius 2 is 1.05 bits per heavy atom. The van der Waals surface area contributed by atoms with E-state index in [1.165, 1.54) is 76.0 Å². The van der Waals surface area contributed by atoms with E-state index in [2.05, 4.69) is 98.0 Å². The van der Waals surface area contributed by atoms with Gasteiger partial charge in [0.1, 0.15) is 6.23 Å². The van der Waals surface area contributed by atoms with Crippen molar-refractivity contribution in [3.8, 4) is 6.07 Å². The van der Waals surface area contributed by atoms with Crippen molar-refractivity contribution in [1.82, 2.24) is 0 Å². The maximum absolute atomic E-state index is 11.1. The summed E-state index contributed by atoms with van der Waals surface area (Å²) >= 11 is 0. The fourth-order valence-electron chi connectivity index (χ4n) is 7.08. The lowest BCUT2D eigenvalue weighted by Gasteiger charge is -2.24. The Morgan fingerprint density at radius 1 is 0.615 bits per heavy atom. The number of nitriles is 1. The van der Waals surface area contributed by atoms with Gasteiger partial charge in [-0.05, 0) is 106 Å². The summed E-state index contributed by atoms with van der Waals surface area (Å²) in [7, 11) is 2.74. The molecule has 7 rings (SSSR count). The number of aliphatic hydroxyl groups is 1. The maximum atomic E-state index is 11.1. The molecule has 2 bridgehead atoms. The molecule has 1 heterocycles. The molecule has 428 valence electrons. The Kier molecular flexibility index (Phi) is 39.4. The molecule has 3 saturated carbocycles. The molecule has 2 N–H and O–H groups in total. The van der Waals surface area contributed by atoms with E-state index >= 15 is 0 Å². The number of carbonyl (C=O) groups is 5. The van der Waals surface area contributed by atoms with Crippen molar-refractivity contribution in [2.75, 3.05) is 47.5 Å². The van der Waals surface area contributed by atoms with Gasteiger partial charge in [-0.2, -0.15) is 5.26 Å². The topological polar surface area (TPSA) is 218 Å². The van der Waals surface area contributed by atoms with Gasteiger partial charge in [0.05, 0.1) is 45.3 Å². The van der Waals surface area contributed by atoms with Gasteiger partial charge in [0.15, 0.2) is 0 Å². The van der Waals surface area contributed by atoms with E-state index in [0.717, 1.165) is 19.3 Å². The van der Waals surface area contributed by atoms with Crippen molar-refractivity contribution in [3.63, 3.8) is 0 Å². The van der Waals surface area contributed by atoms with Crippen molar-refractivity contribution in [3.05, 3.63) is 158 Å². The van der Waals surface area contributed by atoms with Gasteiger partial charge >= 0.3 is 38.4 Å². The number of carbonyl (C=O) groups excluding carboxylic acids is 4. The second kappa shape index (κ2) is 42.1. The lowest BCUT2D eigenvalue weighted by Crippen LogP contribution is -2.50. The van der Waals surface area contributed by atoms with E-state index in [4.69, 9.17) is 38.5 Å². The third-order valence-corrected chi connectivity index (χ3v) is 14.3. The summed E-state index contributed by atoms with van der Waals surface area (Å²) < 4.78 is 34.0. The van der Waals surface area contributed by atoms with Crippen LogP contribution >= 0.6 is 0 Å². The average molecular weight is 1100 g/mol. The minimum Gasteiger partial charge on any atom is -0.478 e. The molecule has 1 saturated heterocycles. The van der Waals surface area contributed by atoms with Gasteiger partial charge in [-0.1, -0.05) is 151 Å². The molecule has 3 atom stereocenters. The lowest BCUT2D eigenvalue weighted by molar-refractivity contribution is -0.140. The van der Waals surface area contributed by atoms with Crippen LogP contribution in [-0.4, -0.2) is 108 Å². The molecule has 1 aliphatic heterocycles. The van der Waals surface area contributed by atoms with Gasteiger partial charge < -0.3 is 42.7 Å². The molecule has 16 heteroatoms. The van der Waals surface area contributed by atoms with Crippen LogP contribution in [0, 0.1) is 29.1 Å². The van der Waals surface area contributed by atoms with Crippen molar-refractivity contribution < 1.29 is 66.7 Å². The minimum absolute atomic E-state index is 0.0395. The second-order valence-corrected chi connectivity index (χ2v) is 21.7. The third kappa shape index (κ3) is 33.2. The van der Waals surface area contributed by atoms with Crippen molar-refractivity contribution >= 4 is 61.3 Å². The molecular formula is C62H87NO14Si. The monoisotopic (exact) mass is 1100 g/mol. The summed E-state index contributed by atoms with van der Waals surface area (Å²) in [5, 5.41) is 26.8. The van der Waals surface area contributed by atoms with Crippen molar-refractivity contribution in [2.24, 2.45) is 17.8 Å². The average Bonchev–Trinajstić information content (AvgIpc) is 3.85. The largest absolute Gasteiger partial charge is 0.478 e. The summed E-state index contributed by atoms with van der Waals surface area (Å²) in [5.41, 5.74) is 4.17. The molecule has 3 aromatic rings. The number of benzene rings is 3. The normalized spacial score (nSPS) is 17.0. The Labute approximate surface area is 465 Å². The van der Waals surface area contributed by atoms with Gasteiger partial charge in [-0.25, -0.2) is 24.0 Å². The molecular weight excluding hydrogens is 1010 g/mol. The second-order valence-electron chi connectivity index (χ2n) is 18.5. The number of ether oxygens (including phenoxy) is 5. The summed E-state index contributed by atoms with van der Waals surface area (Å²) in [6, 6.07) is 26.4. The molecule has 4 fully saturated rings. The number of carboxylic acids is 1. The smallest absolute Gasteiger partial charge is 0.403 e. The quantitative estimate of drug-likeness (QED) is 0.0504. The first-order valence-electron chi connectivity index (χ1n) is 25.4. The maximum Gasteiger partial charge on any atom is 0.403 e. The van der Waals surface area contributed by atoms with Crippen LogP contribution in [0.3, 0.4) is 0 Å². The number of rotatable bonds is 14. The summed E-state index contributed by atoms with van der Waals surface area (Å²) in [5.74, 6) is 0.417. The van der Waals surface area contributed by atoms with Crippen molar-refractivity contribution in [1.29, 1.82) is 5.26 Å². The molecule has 3 unspecified atom stereocenters. The van der Waals surface area contributed by atoms with Gasteiger partial charge in [0.2, 0.25) is 0 Å². The van der Waals surface area contributed by atoms with Gasteiger partial charge in [0.25, 0.3) is 0 Å². The predicted octanol–water partition coefficient (Wildman–Crippen LogP) is 12.2. The van der Waals surface area contributed by atoms with E-state index in [1.807, 2.05) is 42.5 Å². The molecule has 0 spiro atoms. The van der Waals surface area contributed by atoms with E-state index in [0.29, 0.717) is 47.0 Å². The number of aliphatic carboxylic acids is 1.